The van der Waals surface area contributed by atoms with Crippen LogP contribution in [-0.2, 0) is 6.42 Å². The lowest BCUT2D eigenvalue weighted by Gasteiger charge is -2.10. The number of rotatable bonds is 6. The van der Waals surface area contributed by atoms with Crippen LogP contribution >= 0.6 is 0 Å². The summed E-state index contributed by atoms with van der Waals surface area (Å²) in [7, 11) is 0. The van der Waals surface area contributed by atoms with Crippen molar-refractivity contribution in [3.8, 4) is 5.88 Å². The number of hydrogen-bond donors (Lipinski definition) is 1. The zero-order chi connectivity index (χ0) is 13.7. The molecule has 0 saturated carbocycles. The van der Waals surface area contributed by atoms with Gasteiger partial charge in [-0.1, -0.05) is 20.8 Å². The normalized spacial score (nSPS) is 10.7. The van der Waals surface area contributed by atoms with Gasteiger partial charge in [-0.15, -0.1) is 0 Å². The molecule has 2 N–H and O–H groups in total. The van der Waals surface area contributed by atoms with Gasteiger partial charge in [-0.25, -0.2) is 4.98 Å². The zero-order valence-corrected chi connectivity index (χ0v) is 10.8. The average molecular weight is 254 g/mol. The minimum atomic E-state index is -0.610. The maximum absolute atomic E-state index is 10.9. The minimum absolute atomic E-state index is 0.0374. The number of nitrogen functional groups attached to an aromatic ring is 1. The Morgan fingerprint density at radius 3 is 2.61 bits per heavy atom. The van der Waals surface area contributed by atoms with Crippen LogP contribution in [0.3, 0.4) is 0 Å². The standard InChI is InChI=1S/C11H18N4O3/c1-4-5-8-13-10(12)9(15(16)17)11(14-8)18-6-7(2)3/h7H,4-6H2,1-3H3,(H2,12,13,14). The molecule has 100 valence electrons. The number of aromatic nitrogens is 2. The molecule has 7 heteroatoms. The molecule has 0 aliphatic rings. The van der Waals surface area contributed by atoms with Crippen LogP contribution in [0.4, 0.5) is 11.5 Å². The Kier molecular flexibility index (Phi) is 4.82. The highest BCUT2D eigenvalue weighted by Crippen LogP contribution is 2.30. The van der Waals surface area contributed by atoms with Crippen molar-refractivity contribution in [1.82, 2.24) is 9.97 Å². The van der Waals surface area contributed by atoms with Crippen LogP contribution in [0.1, 0.15) is 33.0 Å². The summed E-state index contributed by atoms with van der Waals surface area (Å²) >= 11 is 0. The molecule has 7 nitrogen and oxygen atoms in total. The van der Waals surface area contributed by atoms with Crippen LogP contribution in [0.15, 0.2) is 0 Å². The molecule has 0 fully saturated rings. The maximum atomic E-state index is 10.9. The molecule has 0 spiro atoms. The highest BCUT2D eigenvalue weighted by Gasteiger charge is 2.24. The first kappa shape index (κ1) is 14.1. The van der Waals surface area contributed by atoms with Crippen molar-refractivity contribution < 1.29 is 9.66 Å². The van der Waals surface area contributed by atoms with E-state index in [4.69, 9.17) is 10.5 Å². The molecule has 0 radical (unpaired) electrons. The van der Waals surface area contributed by atoms with Crippen LogP contribution in [0.5, 0.6) is 5.88 Å². The van der Waals surface area contributed by atoms with Gasteiger partial charge in [0.25, 0.3) is 5.88 Å². The minimum Gasteiger partial charge on any atom is -0.472 e. The fourth-order valence-corrected chi connectivity index (χ4v) is 1.35. The van der Waals surface area contributed by atoms with E-state index >= 15 is 0 Å². The maximum Gasteiger partial charge on any atom is 0.372 e. The van der Waals surface area contributed by atoms with E-state index in [9.17, 15) is 10.1 Å². The molecule has 0 atom stereocenters. The molecular weight excluding hydrogens is 236 g/mol. The Labute approximate surface area is 106 Å². The Hall–Kier alpha value is -1.92. The fraction of sp³-hybridized carbons (Fsp3) is 0.636. The van der Waals surface area contributed by atoms with Gasteiger partial charge in [0.2, 0.25) is 5.82 Å². The number of hydrogen-bond acceptors (Lipinski definition) is 6. The van der Waals surface area contributed by atoms with Crippen LogP contribution in [0.25, 0.3) is 0 Å². The molecule has 18 heavy (non-hydrogen) atoms. The van der Waals surface area contributed by atoms with Gasteiger partial charge in [0.15, 0.2) is 0 Å². The summed E-state index contributed by atoms with van der Waals surface area (Å²) in [4.78, 5) is 18.3. The first-order valence-electron chi connectivity index (χ1n) is 5.89. The van der Waals surface area contributed by atoms with Crippen molar-refractivity contribution in [3.63, 3.8) is 0 Å². The molecule has 0 aromatic carbocycles. The van der Waals surface area contributed by atoms with Crippen LogP contribution in [0.2, 0.25) is 0 Å². The third-order valence-electron chi connectivity index (χ3n) is 2.13. The highest BCUT2D eigenvalue weighted by molar-refractivity contribution is 5.58. The molecule has 0 amide bonds. The van der Waals surface area contributed by atoms with Crippen molar-refractivity contribution in [3.05, 3.63) is 15.9 Å². The molecule has 1 rings (SSSR count). The van der Waals surface area contributed by atoms with Gasteiger partial charge in [0.1, 0.15) is 5.82 Å². The van der Waals surface area contributed by atoms with E-state index in [-0.39, 0.29) is 23.3 Å². The smallest absolute Gasteiger partial charge is 0.372 e. The van der Waals surface area contributed by atoms with E-state index in [2.05, 4.69) is 9.97 Å². The zero-order valence-electron chi connectivity index (χ0n) is 10.8. The number of nitro groups is 1. The van der Waals surface area contributed by atoms with E-state index in [0.717, 1.165) is 6.42 Å². The number of nitrogens with zero attached hydrogens (tertiary/aromatic N) is 3. The monoisotopic (exact) mass is 254 g/mol. The second kappa shape index (κ2) is 6.13. The second-order valence-corrected chi connectivity index (χ2v) is 4.39. The molecule has 0 bridgehead atoms. The molecule has 0 unspecified atom stereocenters. The number of aryl methyl sites for hydroxylation is 1. The van der Waals surface area contributed by atoms with Crippen molar-refractivity contribution >= 4 is 11.5 Å². The van der Waals surface area contributed by atoms with Gasteiger partial charge in [-0.3, -0.25) is 10.1 Å². The second-order valence-electron chi connectivity index (χ2n) is 4.39. The molecule has 1 heterocycles. The summed E-state index contributed by atoms with van der Waals surface area (Å²) in [5, 5.41) is 10.9. The molecule has 1 aromatic heterocycles. The van der Waals surface area contributed by atoms with Crippen molar-refractivity contribution in [2.75, 3.05) is 12.3 Å². The lowest BCUT2D eigenvalue weighted by molar-refractivity contribution is -0.385. The SMILES string of the molecule is CCCc1nc(N)c([N+](=O)[O-])c(OCC(C)C)n1. The van der Waals surface area contributed by atoms with Crippen LogP contribution in [0, 0.1) is 16.0 Å². The predicted molar refractivity (Wildman–Crippen MR) is 67.4 cm³/mol. The highest BCUT2D eigenvalue weighted by atomic mass is 16.6. The number of anilines is 1. The van der Waals surface area contributed by atoms with Gasteiger partial charge >= 0.3 is 5.69 Å². The molecular formula is C11H18N4O3. The molecule has 0 aliphatic heterocycles. The topological polar surface area (TPSA) is 104 Å². The number of nitrogens with two attached hydrogens (primary N) is 1. The van der Waals surface area contributed by atoms with E-state index in [1.807, 2.05) is 20.8 Å². The van der Waals surface area contributed by atoms with Crippen molar-refractivity contribution in [2.24, 2.45) is 5.92 Å². The quantitative estimate of drug-likeness (QED) is 0.614. The van der Waals surface area contributed by atoms with Gasteiger partial charge in [-0.05, 0) is 12.3 Å². The Bertz CT molecular complexity index is 435. The van der Waals surface area contributed by atoms with Crippen molar-refractivity contribution in [1.29, 1.82) is 0 Å². The van der Waals surface area contributed by atoms with Gasteiger partial charge in [0.05, 0.1) is 11.5 Å². The first-order chi connectivity index (χ1) is 8.45. The lowest BCUT2D eigenvalue weighted by Crippen LogP contribution is -2.11. The van der Waals surface area contributed by atoms with E-state index in [0.29, 0.717) is 18.9 Å². The summed E-state index contributed by atoms with van der Waals surface area (Å²) in [6, 6.07) is 0. The molecule has 1 aromatic rings. The fourth-order valence-electron chi connectivity index (χ4n) is 1.35. The van der Waals surface area contributed by atoms with Gasteiger partial charge in [0, 0.05) is 6.42 Å². The van der Waals surface area contributed by atoms with Crippen LogP contribution in [-0.4, -0.2) is 21.5 Å². The van der Waals surface area contributed by atoms with E-state index < -0.39 is 4.92 Å². The van der Waals surface area contributed by atoms with E-state index in [1.165, 1.54) is 0 Å². The Morgan fingerprint density at radius 2 is 2.11 bits per heavy atom. The summed E-state index contributed by atoms with van der Waals surface area (Å²) in [6.07, 6.45) is 1.45. The van der Waals surface area contributed by atoms with Gasteiger partial charge < -0.3 is 10.5 Å². The first-order valence-corrected chi connectivity index (χ1v) is 5.89. The third-order valence-corrected chi connectivity index (χ3v) is 2.13. The van der Waals surface area contributed by atoms with E-state index in [1.54, 1.807) is 0 Å². The molecule has 0 saturated heterocycles. The Balaban J connectivity index is 3.11. The summed E-state index contributed by atoms with van der Waals surface area (Å²) < 4.78 is 5.35. The summed E-state index contributed by atoms with van der Waals surface area (Å²) in [5.41, 5.74) is 5.24. The van der Waals surface area contributed by atoms with Gasteiger partial charge in [-0.2, -0.15) is 4.98 Å². The third kappa shape index (κ3) is 3.54. The largest absolute Gasteiger partial charge is 0.472 e. The lowest BCUT2D eigenvalue weighted by atomic mass is 10.2. The van der Waals surface area contributed by atoms with Crippen LogP contribution < -0.4 is 10.5 Å². The summed E-state index contributed by atoms with van der Waals surface area (Å²) in [5.74, 6) is 0.539. The predicted octanol–water partition coefficient (Wildman–Crippen LogP) is 1.95. The summed E-state index contributed by atoms with van der Waals surface area (Å²) in [6.45, 7) is 6.21. The number of ether oxygens (including phenoxy) is 1. The Morgan fingerprint density at radius 1 is 1.44 bits per heavy atom. The van der Waals surface area contributed by atoms with Crippen molar-refractivity contribution in [2.45, 2.75) is 33.6 Å². The molecule has 0 aliphatic carbocycles. The average Bonchev–Trinajstić information content (AvgIpc) is 2.25.